The van der Waals surface area contributed by atoms with E-state index in [1.165, 1.54) is 4.31 Å². The van der Waals surface area contributed by atoms with E-state index < -0.39 is 39.8 Å². The minimum atomic E-state index is -3.39. The van der Waals surface area contributed by atoms with E-state index in [4.69, 9.17) is 4.74 Å². The van der Waals surface area contributed by atoms with E-state index in [9.17, 15) is 22.8 Å². The van der Waals surface area contributed by atoms with E-state index in [1.807, 2.05) is 0 Å². The predicted octanol–water partition coefficient (Wildman–Crippen LogP) is 2.45. The number of nitrogens with zero attached hydrogens (tertiary/aromatic N) is 2. The highest BCUT2D eigenvalue weighted by atomic mass is 32.2. The molecule has 1 fully saturated rings. The van der Waals surface area contributed by atoms with Gasteiger partial charge >= 0.3 is 6.03 Å². The van der Waals surface area contributed by atoms with Crippen molar-refractivity contribution in [2.24, 2.45) is 0 Å². The second-order valence-electron chi connectivity index (χ2n) is 8.30. The lowest BCUT2D eigenvalue weighted by atomic mass is 9.87. The van der Waals surface area contributed by atoms with Crippen molar-refractivity contribution < 1.29 is 27.5 Å². The summed E-state index contributed by atoms with van der Waals surface area (Å²) in [5.41, 5.74) is 1.00. The van der Waals surface area contributed by atoms with Gasteiger partial charge in [-0.2, -0.15) is 0 Å². The number of anilines is 1. The molecule has 0 aliphatic carbocycles. The Kier molecular flexibility index (Phi) is 6.11. The van der Waals surface area contributed by atoms with Gasteiger partial charge in [0.25, 0.3) is 5.91 Å². The molecule has 10 heteroatoms. The van der Waals surface area contributed by atoms with Gasteiger partial charge in [0, 0.05) is 12.1 Å². The SMILES string of the molecule is CC[C@@]1(c2ccc(OC)cc2)NC(=O)N(CC(=O)c2ccc3c(c2)CCN3S(=O)(=O)CC)C1=O. The molecule has 0 unspecified atom stereocenters. The zero-order valence-corrected chi connectivity index (χ0v) is 20.1. The number of urea groups is 1. The molecule has 0 bridgehead atoms. The fourth-order valence-electron chi connectivity index (χ4n) is 4.51. The molecule has 2 heterocycles. The van der Waals surface area contributed by atoms with Crippen LogP contribution in [0.4, 0.5) is 10.5 Å². The van der Waals surface area contributed by atoms with Crippen molar-refractivity contribution in [3.05, 3.63) is 59.2 Å². The number of hydrogen-bond donors (Lipinski definition) is 1. The topological polar surface area (TPSA) is 113 Å². The lowest BCUT2D eigenvalue weighted by Crippen LogP contribution is -2.43. The Morgan fingerprint density at radius 3 is 2.44 bits per heavy atom. The first kappa shape index (κ1) is 23.7. The highest BCUT2D eigenvalue weighted by Gasteiger charge is 2.51. The van der Waals surface area contributed by atoms with E-state index >= 15 is 0 Å². The van der Waals surface area contributed by atoms with Crippen LogP contribution < -0.4 is 14.4 Å². The summed E-state index contributed by atoms with van der Waals surface area (Å²) in [6.45, 7) is 3.31. The number of hydrogen-bond acceptors (Lipinski definition) is 6. The van der Waals surface area contributed by atoms with Gasteiger partial charge in [-0.1, -0.05) is 19.1 Å². The summed E-state index contributed by atoms with van der Waals surface area (Å²) in [5.74, 6) is -0.266. The number of Topliss-reactive ketones (excluding diaryl/α,β-unsaturated/α-hetero) is 1. The van der Waals surface area contributed by atoms with Crippen molar-refractivity contribution in [1.29, 1.82) is 0 Å². The van der Waals surface area contributed by atoms with Crippen LogP contribution in [-0.4, -0.2) is 57.0 Å². The first-order chi connectivity index (χ1) is 16.2. The molecule has 1 saturated heterocycles. The van der Waals surface area contributed by atoms with Crippen LogP contribution in [0, 0.1) is 0 Å². The number of fused-ring (bicyclic) bond motifs is 1. The van der Waals surface area contributed by atoms with Crippen molar-refractivity contribution in [3.63, 3.8) is 0 Å². The lowest BCUT2D eigenvalue weighted by molar-refractivity contribution is -0.131. The van der Waals surface area contributed by atoms with E-state index in [1.54, 1.807) is 63.4 Å². The van der Waals surface area contributed by atoms with Crippen LogP contribution in [-0.2, 0) is 26.8 Å². The molecule has 0 saturated carbocycles. The molecule has 2 aromatic rings. The first-order valence-electron chi connectivity index (χ1n) is 11.1. The number of imide groups is 1. The third-order valence-corrected chi connectivity index (χ3v) is 8.33. The van der Waals surface area contributed by atoms with Crippen molar-refractivity contribution in [2.45, 2.75) is 32.2 Å². The average Bonchev–Trinajstić information content (AvgIpc) is 3.39. The molecule has 2 aliphatic rings. The summed E-state index contributed by atoms with van der Waals surface area (Å²) >= 11 is 0. The molecule has 2 aromatic carbocycles. The lowest BCUT2D eigenvalue weighted by Gasteiger charge is -2.26. The van der Waals surface area contributed by atoms with Gasteiger partial charge in [0.1, 0.15) is 11.3 Å². The molecule has 34 heavy (non-hydrogen) atoms. The number of methoxy groups -OCH3 is 1. The largest absolute Gasteiger partial charge is 0.497 e. The minimum absolute atomic E-state index is 0.00726. The summed E-state index contributed by atoms with van der Waals surface area (Å²) in [7, 11) is -1.85. The van der Waals surface area contributed by atoms with Crippen molar-refractivity contribution in [2.75, 3.05) is 30.3 Å². The second-order valence-corrected chi connectivity index (χ2v) is 10.5. The number of carbonyl (C=O) groups is 3. The Labute approximate surface area is 198 Å². The zero-order chi connectivity index (χ0) is 24.7. The molecule has 4 rings (SSSR count). The van der Waals surface area contributed by atoms with Crippen molar-refractivity contribution >= 4 is 33.4 Å². The van der Waals surface area contributed by atoms with Gasteiger partial charge in [0.2, 0.25) is 10.0 Å². The van der Waals surface area contributed by atoms with Crippen LogP contribution in [0.3, 0.4) is 0 Å². The first-order valence-corrected chi connectivity index (χ1v) is 12.7. The van der Waals surface area contributed by atoms with Crippen LogP contribution >= 0.6 is 0 Å². The van der Waals surface area contributed by atoms with Crippen LogP contribution in [0.25, 0.3) is 0 Å². The van der Waals surface area contributed by atoms with Crippen LogP contribution in [0.1, 0.15) is 41.8 Å². The molecule has 0 spiro atoms. The summed E-state index contributed by atoms with van der Waals surface area (Å²) in [6, 6.07) is 11.1. The van der Waals surface area contributed by atoms with Crippen LogP contribution in [0.15, 0.2) is 42.5 Å². The van der Waals surface area contributed by atoms with E-state index in [-0.39, 0.29) is 5.75 Å². The summed E-state index contributed by atoms with van der Waals surface area (Å²) < 4.78 is 31.1. The van der Waals surface area contributed by atoms with E-state index in [2.05, 4.69) is 5.32 Å². The Morgan fingerprint density at radius 1 is 1.12 bits per heavy atom. The zero-order valence-electron chi connectivity index (χ0n) is 19.3. The number of rotatable bonds is 8. The van der Waals surface area contributed by atoms with Gasteiger partial charge in [0.05, 0.1) is 25.1 Å². The van der Waals surface area contributed by atoms with Gasteiger partial charge in [-0.05, 0) is 61.2 Å². The maximum Gasteiger partial charge on any atom is 0.325 e. The van der Waals surface area contributed by atoms with Crippen LogP contribution in [0.2, 0.25) is 0 Å². The molecule has 1 N–H and O–H groups in total. The molecule has 0 aromatic heterocycles. The normalized spacial score (nSPS) is 19.9. The molecule has 3 amide bonds. The van der Waals surface area contributed by atoms with Gasteiger partial charge in [-0.3, -0.25) is 18.8 Å². The molecule has 9 nitrogen and oxygen atoms in total. The summed E-state index contributed by atoms with van der Waals surface area (Å²) in [5, 5.41) is 2.77. The summed E-state index contributed by atoms with van der Waals surface area (Å²) in [6.07, 6.45) is 0.810. The van der Waals surface area contributed by atoms with Gasteiger partial charge in [0.15, 0.2) is 5.78 Å². The fourth-order valence-corrected chi connectivity index (χ4v) is 5.67. The number of nitrogens with one attached hydrogen (secondary N) is 1. The number of ketones is 1. The molecule has 0 radical (unpaired) electrons. The Bertz CT molecular complexity index is 1260. The van der Waals surface area contributed by atoms with Crippen molar-refractivity contribution in [3.8, 4) is 5.75 Å². The number of sulfonamides is 1. The second kappa shape index (κ2) is 8.75. The molecule has 2 aliphatic heterocycles. The highest BCUT2D eigenvalue weighted by molar-refractivity contribution is 7.92. The Morgan fingerprint density at radius 2 is 1.82 bits per heavy atom. The third kappa shape index (κ3) is 3.81. The van der Waals surface area contributed by atoms with Crippen LogP contribution in [0.5, 0.6) is 5.75 Å². The predicted molar refractivity (Wildman–Crippen MR) is 126 cm³/mol. The van der Waals surface area contributed by atoms with Gasteiger partial charge in [-0.15, -0.1) is 0 Å². The molecule has 1 atom stereocenters. The highest BCUT2D eigenvalue weighted by Crippen LogP contribution is 2.34. The maximum atomic E-state index is 13.4. The van der Waals surface area contributed by atoms with Crippen molar-refractivity contribution in [1.82, 2.24) is 10.2 Å². The smallest absolute Gasteiger partial charge is 0.325 e. The minimum Gasteiger partial charge on any atom is -0.497 e. The maximum absolute atomic E-state index is 13.4. The monoisotopic (exact) mass is 485 g/mol. The number of carbonyl (C=O) groups excluding carboxylic acids is 3. The fraction of sp³-hybridized carbons (Fsp3) is 0.375. The quantitative estimate of drug-likeness (QED) is 0.454. The average molecular weight is 486 g/mol. The molecule has 180 valence electrons. The van der Waals surface area contributed by atoms with E-state index in [0.717, 1.165) is 10.5 Å². The standard InChI is InChI=1S/C24H27N3O6S/c1-4-24(18-7-9-19(33-3)10-8-18)22(29)26(23(30)25-24)15-21(28)17-6-11-20-16(14-17)12-13-27(20)34(31,32)5-2/h6-11,14H,4-5,12-13,15H2,1-3H3,(H,25,30)/t24-/m0/s1. The number of ether oxygens (including phenoxy) is 1. The number of amides is 3. The third-order valence-electron chi connectivity index (χ3n) is 6.55. The number of benzene rings is 2. The summed E-state index contributed by atoms with van der Waals surface area (Å²) in [4.78, 5) is 40.1. The molecular weight excluding hydrogens is 458 g/mol. The Balaban J connectivity index is 1.56. The van der Waals surface area contributed by atoms with E-state index in [0.29, 0.717) is 42.0 Å². The van der Waals surface area contributed by atoms with Gasteiger partial charge in [-0.25, -0.2) is 13.2 Å². The Hall–Kier alpha value is -3.40. The molecular formula is C24H27N3O6S. The van der Waals surface area contributed by atoms with Gasteiger partial charge < -0.3 is 10.1 Å².